The highest BCUT2D eigenvalue weighted by molar-refractivity contribution is 5.91. The predicted octanol–water partition coefficient (Wildman–Crippen LogP) is 2.27. The van der Waals surface area contributed by atoms with E-state index in [1.807, 2.05) is 0 Å². The van der Waals surface area contributed by atoms with Crippen molar-refractivity contribution in [3.63, 3.8) is 0 Å². The molecule has 1 aromatic rings. The van der Waals surface area contributed by atoms with Gasteiger partial charge in [-0.2, -0.15) is 0 Å². The lowest BCUT2D eigenvalue weighted by atomic mass is 10.2. The van der Waals surface area contributed by atoms with Gasteiger partial charge in [-0.25, -0.2) is 18.0 Å². The van der Waals surface area contributed by atoms with Crippen LogP contribution in [0, 0.1) is 17.5 Å². The van der Waals surface area contributed by atoms with Crippen molar-refractivity contribution in [2.45, 2.75) is 12.8 Å². The fourth-order valence-corrected chi connectivity index (χ4v) is 1.87. The standard InChI is InChI=1S/C13H13F3N2O3/c14-8-2-3-9(12(16)11(8)15)17-10(19)4-6-18-5-1-7-21-13(18)20/h2-3H,1,4-7H2,(H,17,19). The molecule has 0 aliphatic carbocycles. The number of nitrogens with zero attached hydrogens (tertiary/aromatic N) is 1. The number of cyclic esters (lactones) is 1. The number of benzene rings is 1. The summed E-state index contributed by atoms with van der Waals surface area (Å²) in [5, 5.41) is 2.13. The van der Waals surface area contributed by atoms with Crippen LogP contribution in [0.25, 0.3) is 0 Å². The topological polar surface area (TPSA) is 58.6 Å². The second kappa shape index (κ2) is 6.47. The number of halogens is 3. The highest BCUT2D eigenvalue weighted by Crippen LogP contribution is 2.19. The zero-order chi connectivity index (χ0) is 15.4. The summed E-state index contributed by atoms with van der Waals surface area (Å²) in [4.78, 5) is 24.3. The van der Waals surface area contributed by atoms with Crippen LogP contribution in [0.15, 0.2) is 12.1 Å². The molecule has 0 saturated carbocycles. The van der Waals surface area contributed by atoms with Crippen molar-refractivity contribution >= 4 is 17.7 Å². The van der Waals surface area contributed by atoms with E-state index in [4.69, 9.17) is 4.74 Å². The zero-order valence-corrected chi connectivity index (χ0v) is 11.0. The Bertz CT molecular complexity index is 566. The molecule has 1 aliphatic heterocycles. The summed E-state index contributed by atoms with van der Waals surface area (Å²) in [6.45, 7) is 0.934. The molecule has 1 heterocycles. The SMILES string of the molecule is O=C(CCN1CCCOC1=O)Nc1ccc(F)c(F)c1F. The van der Waals surface area contributed by atoms with Gasteiger partial charge in [0.15, 0.2) is 17.5 Å². The van der Waals surface area contributed by atoms with Crippen molar-refractivity contribution in [3.8, 4) is 0 Å². The van der Waals surface area contributed by atoms with E-state index < -0.39 is 35.1 Å². The fraction of sp³-hybridized carbons (Fsp3) is 0.385. The first-order valence-electron chi connectivity index (χ1n) is 6.34. The van der Waals surface area contributed by atoms with Gasteiger partial charge in [-0.3, -0.25) is 4.79 Å². The highest BCUT2D eigenvalue weighted by Gasteiger charge is 2.21. The molecule has 1 saturated heterocycles. The molecule has 0 atom stereocenters. The van der Waals surface area contributed by atoms with Crippen LogP contribution in [0.1, 0.15) is 12.8 Å². The van der Waals surface area contributed by atoms with Gasteiger partial charge in [-0.1, -0.05) is 0 Å². The number of rotatable bonds is 4. The molecule has 114 valence electrons. The molecule has 8 heteroatoms. The number of hydrogen-bond acceptors (Lipinski definition) is 3. The third-order valence-corrected chi connectivity index (χ3v) is 2.97. The molecule has 1 aromatic carbocycles. The Balaban J connectivity index is 1.90. The Labute approximate surface area is 118 Å². The number of carbonyl (C=O) groups is 2. The normalized spacial score (nSPS) is 14.8. The number of anilines is 1. The van der Waals surface area contributed by atoms with Gasteiger partial charge in [0.2, 0.25) is 5.91 Å². The smallest absolute Gasteiger partial charge is 0.409 e. The average Bonchev–Trinajstić information content (AvgIpc) is 2.47. The van der Waals surface area contributed by atoms with Crippen molar-refractivity contribution in [2.75, 3.05) is 25.0 Å². The van der Waals surface area contributed by atoms with Gasteiger partial charge < -0.3 is 15.0 Å². The summed E-state index contributed by atoms with van der Waals surface area (Å²) >= 11 is 0. The molecule has 0 bridgehead atoms. The Kier molecular flexibility index (Phi) is 4.66. The number of nitrogens with one attached hydrogen (secondary N) is 1. The summed E-state index contributed by atoms with van der Waals surface area (Å²) in [6, 6.07) is 1.65. The minimum absolute atomic E-state index is 0.104. The second-order valence-corrected chi connectivity index (χ2v) is 4.48. The summed E-state index contributed by atoms with van der Waals surface area (Å²) < 4.78 is 43.9. The minimum Gasteiger partial charge on any atom is -0.449 e. The first-order valence-corrected chi connectivity index (χ1v) is 6.34. The van der Waals surface area contributed by atoms with Crippen LogP contribution in [0.4, 0.5) is 23.7 Å². The molecular weight excluding hydrogens is 289 g/mol. The number of ether oxygens (including phenoxy) is 1. The van der Waals surface area contributed by atoms with E-state index in [2.05, 4.69) is 5.32 Å². The molecule has 0 spiro atoms. The number of amides is 2. The molecule has 1 aliphatic rings. The molecule has 21 heavy (non-hydrogen) atoms. The third kappa shape index (κ3) is 3.65. The van der Waals surface area contributed by atoms with Crippen LogP contribution in [-0.4, -0.2) is 36.6 Å². The van der Waals surface area contributed by atoms with Crippen molar-refractivity contribution in [1.82, 2.24) is 4.90 Å². The minimum atomic E-state index is -1.65. The summed E-state index contributed by atoms with van der Waals surface area (Å²) in [5.74, 6) is -5.05. The predicted molar refractivity (Wildman–Crippen MR) is 67.1 cm³/mol. The van der Waals surface area contributed by atoms with Crippen molar-refractivity contribution < 1.29 is 27.5 Å². The average molecular weight is 302 g/mol. The lowest BCUT2D eigenvalue weighted by Crippen LogP contribution is -2.39. The fourth-order valence-electron chi connectivity index (χ4n) is 1.87. The van der Waals surface area contributed by atoms with Crippen molar-refractivity contribution in [3.05, 3.63) is 29.6 Å². The summed E-state index contributed by atoms with van der Waals surface area (Å²) in [5.41, 5.74) is -0.444. The Morgan fingerprint density at radius 1 is 1.29 bits per heavy atom. The van der Waals surface area contributed by atoms with Gasteiger partial charge in [-0.15, -0.1) is 0 Å². The van der Waals surface area contributed by atoms with Crippen LogP contribution in [0.3, 0.4) is 0 Å². The molecule has 1 fully saturated rings. The maximum absolute atomic E-state index is 13.4. The lowest BCUT2D eigenvalue weighted by molar-refractivity contribution is -0.116. The molecule has 1 N–H and O–H groups in total. The second-order valence-electron chi connectivity index (χ2n) is 4.48. The monoisotopic (exact) mass is 302 g/mol. The summed E-state index contributed by atoms with van der Waals surface area (Å²) in [7, 11) is 0. The van der Waals surface area contributed by atoms with E-state index in [0.29, 0.717) is 19.6 Å². The van der Waals surface area contributed by atoms with Crippen LogP contribution < -0.4 is 5.32 Å². The van der Waals surface area contributed by atoms with Gasteiger partial charge >= 0.3 is 6.09 Å². The molecule has 0 aromatic heterocycles. The van der Waals surface area contributed by atoms with Crippen molar-refractivity contribution in [2.24, 2.45) is 0 Å². The molecule has 2 rings (SSSR count). The number of hydrogen-bond donors (Lipinski definition) is 1. The molecule has 2 amide bonds. The van der Waals surface area contributed by atoms with Gasteiger partial charge in [0, 0.05) is 19.5 Å². The van der Waals surface area contributed by atoms with E-state index in [-0.39, 0.29) is 13.0 Å². The molecule has 5 nitrogen and oxygen atoms in total. The van der Waals surface area contributed by atoms with E-state index in [9.17, 15) is 22.8 Å². The largest absolute Gasteiger partial charge is 0.449 e. The van der Waals surface area contributed by atoms with Gasteiger partial charge in [-0.05, 0) is 18.6 Å². The quantitative estimate of drug-likeness (QED) is 0.868. The van der Waals surface area contributed by atoms with Gasteiger partial charge in [0.05, 0.1) is 12.3 Å². The third-order valence-electron chi connectivity index (χ3n) is 2.97. The lowest BCUT2D eigenvalue weighted by Gasteiger charge is -2.25. The van der Waals surface area contributed by atoms with E-state index in [0.717, 1.165) is 12.1 Å². The first-order chi connectivity index (χ1) is 9.99. The van der Waals surface area contributed by atoms with Gasteiger partial charge in [0.25, 0.3) is 0 Å². The maximum atomic E-state index is 13.4. The van der Waals surface area contributed by atoms with Crippen LogP contribution >= 0.6 is 0 Å². The molecular formula is C13H13F3N2O3. The molecule has 0 radical (unpaired) electrons. The van der Waals surface area contributed by atoms with E-state index >= 15 is 0 Å². The highest BCUT2D eigenvalue weighted by atomic mass is 19.2. The Hall–Kier alpha value is -2.25. The Morgan fingerprint density at radius 3 is 2.76 bits per heavy atom. The molecule has 0 unspecified atom stereocenters. The van der Waals surface area contributed by atoms with E-state index in [1.54, 1.807) is 0 Å². The van der Waals surface area contributed by atoms with Crippen LogP contribution in [-0.2, 0) is 9.53 Å². The zero-order valence-electron chi connectivity index (χ0n) is 11.0. The van der Waals surface area contributed by atoms with Crippen LogP contribution in [0.5, 0.6) is 0 Å². The first kappa shape index (κ1) is 15.1. The van der Waals surface area contributed by atoms with Gasteiger partial charge in [0.1, 0.15) is 0 Å². The Morgan fingerprint density at radius 2 is 2.05 bits per heavy atom. The summed E-state index contributed by atoms with van der Waals surface area (Å²) in [6.07, 6.45) is 0.0617. The van der Waals surface area contributed by atoms with Crippen molar-refractivity contribution in [1.29, 1.82) is 0 Å². The van der Waals surface area contributed by atoms with Crippen LogP contribution in [0.2, 0.25) is 0 Å². The number of carbonyl (C=O) groups excluding carboxylic acids is 2. The maximum Gasteiger partial charge on any atom is 0.409 e. The van der Waals surface area contributed by atoms with E-state index in [1.165, 1.54) is 4.90 Å².